The summed E-state index contributed by atoms with van der Waals surface area (Å²) in [5.41, 5.74) is 5.22. The third-order valence-corrected chi connectivity index (χ3v) is 2.69. The monoisotopic (exact) mass is 230 g/mol. The summed E-state index contributed by atoms with van der Waals surface area (Å²) in [4.78, 5) is 11.7. The van der Waals surface area contributed by atoms with Gasteiger partial charge in [-0.1, -0.05) is 20.8 Å². The predicted molar refractivity (Wildman–Crippen MR) is 66.1 cm³/mol. The van der Waals surface area contributed by atoms with E-state index in [-0.39, 0.29) is 5.91 Å². The number of nitrogens with one attached hydrogen (secondary N) is 1. The molecule has 0 aliphatic rings. The number of hydrogen-bond donors (Lipinski definition) is 2. The Labute approximate surface area is 98.9 Å². The maximum Gasteiger partial charge on any atom is 0.248 e. The van der Waals surface area contributed by atoms with Crippen molar-refractivity contribution in [1.29, 1.82) is 0 Å². The van der Waals surface area contributed by atoms with Crippen molar-refractivity contribution in [3.05, 3.63) is 0 Å². The Hall–Kier alpha value is -0.610. The van der Waals surface area contributed by atoms with Gasteiger partial charge in [0.15, 0.2) is 0 Å². The van der Waals surface area contributed by atoms with Crippen LogP contribution in [-0.2, 0) is 9.53 Å². The lowest BCUT2D eigenvalue weighted by Crippen LogP contribution is -2.45. The zero-order valence-corrected chi connectivity index (χ0v) is 11.2. The van der Waals surface area contributed by atoms with Crippen LogP contribution in [0.5, 0.6) is 0 Å². The van der Waals surface area contributed by atoms with Gasteiger partial charge in [0.2, 0.25) is 5.91 Å². The van der Waals surface area contributed by atoms with E-state index in [2.05, 4.69) is 19.2 Å². The summed E-state index contributed by atoms with van der Waals surface area (Å²) in [7, 11) is 0. The number of hydrogen-bond acceptors (Lipinski definition) is 3. The summed E-state index contributed by atoms with van der Waals surface area (Å²) >= 11 is 0. The summed E-state index contributed by atoms with van der Waals surface area (Å²) in [5, 5.41) is 2.85. The van der Waals surface area contributed by atoms with E-state index < -0.39 is 11.7 Å². The fourth-order valence-electron chi connectivity index (χ4n) is 1.20. The molecule has 0 spiro atoms. The van der Waals surface area contributed by atoms with Gasteiger partial charge in [-0.2, -0.15) is 0 Å². The molecule has 0 radical (unpaired) electrons. The normalized spacial score (nSPS) is 16.9. The SMILES string of the molecule is CCC(C)(CN)OC(C)C(=O)NCC(C)C. The van der Waals surface area contributed by atoms with E-state index in [4.69, 9.17) is 10.5 Å². The molecule has 0 aromatic rings. The van der Waals surface area contributed by atoms with Crippen molar-refractivity contribution in [3.63, 3.8) is 0 Å². The third kappa shape index (κ3) is 5.47. The van der Waals surface area contributed by atoms with Crippen LogP contribution < -0.4 is 11.1 Å². The molecule has 0 fully saturated rings. The molecule has 4 heteroatoms. The largest absolute Gasteiger partial charge is 0.361 e. The molecule has 16 heavy (non-hydrogen) atoms. The quantitative estimate of drug-likeness (QED) is 0.692. The fourth-order valence-corrected chi connectivity index (χ4v) is 1.20. The Morgan fingerprint density at radius 3 is 2.38 bits per heavy atom. The first-order valence-corrected chi connectivity index (χ1v) is 6.00. The van der Waals surface area contributed by atoms with Crippen molar-refractivity contribution in [1.82, 2.24) is 5.32 Å². The smallest absolute Gasteiger partial charge is 0.248 e. The predicted octanol–water partition coefficient (Wildman–Crippen LogP) is 1.29. The van der Waals surface area contributed by atoms with E-state index in [1.54, 1.807) is 6.92 Å². The van der Waals surface area contributed by atoms with Gasteiger partial charge in [-0.05, 0) is 26.2 Å². The third-order valence-electron chi connectivity index (χ3n) is 2.69. The molecule has 4 nitrogen and oxygen atoms in total. The van der Waals surface area contributed by atoms with Crippen LogP contribution >= 0.6 is 0 Å². The van der Waals surface area contributed by atoms with Crippen LogP contribution in [0.25, 0.3) is 0 Å². The molecule has 0 heterocycles. The number of ether oxygens (including phenoxy) is 1. The molecule has 0 aromatic carbocycles. The molecule has 1 amide bonds. The van der Waals surface area contributed by atoms with Crippen LogP contribution in [0.4, 0.5) is 0 Å². The molecule has 3 N–H and O–H groups in total. The van der Waals surface area contributed by atoms with Gasteiger partial charge in [0.05, 0.1) is 5.60 Å². The molecule has 0 rings (SSSR count). The lowest BCUT2D eigenvalue weighted by atomic mass is 10.0. The van der Waals surface area contributed by atoms with Crippen molar-refractivity contribution in [3.8, 4) is 0 Å². The van der Waals surface area contributed by atoms with E-state index in [9.17, 15) is 4.79 Å². The number of amides is 1. The lowest BCUT2D eigenvalue weighted by molar-refractivity contribution is -0.143. The fraction of sp³-hybridized carbons (Fsp3) is 0.917. The molecular formula is C12H26N2O2. The van der Waals surface area contributed by atoms with Crippen LogP contribution in [0.3, 0.4) is 0 Å². The molecule has 2 atom stereocenters. The Morgan fingerprint density at radius 2 is 2.00 bits per heavy atom. The Balaban J connectivity index is 4.13. The second-order valence-corrected chi connectivity index (χ2v) is 4.91. The van der Waals surface area contributed by atoms with E-state index in [0.717, 1.165) is 6.42 Å². The molecule has 0 bridgehead atoms. The van der Waals surface area contributed by atoms with E-state index in [1.165, 1.54) is 0 Å². The topological polar surface area (TPSA) is 64.3 Å². The summed E-state index contributed by atoms with van der Waals surface area (Å²) in [6.45, 7) is 10.9. The maximum absolute atomic E-state index is 11.7. The molecule has 0 saturated carbocycles. The first-order valence-electron chi connectivity index (χ1n) is 6.00. The lowest BCUT2D eigenvalue weighted by Gasteiger charge is -2.30. The van der Waals surface area contributed by atoms with Gasteiger partial charge in [-0.3, -0.25) is 4.79 Å². The van der Waals surface area contributed by atoms with Crippen molar-refractivity contribution < 1.29 is 9.53 Å². The molecule has 96 valence electrons. The summed E-state index contributed by atoms with van der Waals surface area (Å²) in [5.74, 6) is 0.380. The minimum Gasteiger partial charge on any atom is -0.361 e. The van der Waals surface area contributed by atoms with Crippen LogP contribution in [0.15, 0.2) is 0 Å². The highest BCUT2D eigenvalue weighted by molar-refractivity contribution is 5.80. The molecular weight excluding hydrogens is 204 g/mol. The highest BCUT2D eigenvalue weighted by Crippen LogP contribution is 2.15. The van der Waals surface area contributed by atoms with Gasteiger partial charge < -0.3 is 15.8 Å². The number of carbonyl (C=O) groups is 1. The highest BCUT2D eigenvalue weighted by atomic mass is 16.5. The second-order valence-electron chi connectivity index (χ2n) is 4.91. The van der Waals surface area contributed by atoms with Crippen molar-refractivity contribution in [2.75, 3.05) is 13.1 Å². The highest BCUT2D eigenvalue weighted by Gasteiger charge is 2.26. The van der Waals surface area contributed by atoms with Crippen LogP contribution in [-0.4, -0.2) is 30.7 Å². The van der Waals surface area contributed by atoms with Crippen LogP contribution in [0, 0.1) is 5.92 Å². The molecule has 2 unspecified atom stereocenters. The first-order chi connectivity index (χ1) is 7.34. The zero-order valence-electron chi connectivity index (χ0n) is 11.2. The number of carbonyl (C=O) groups excluding carboxylic acids is 1. The summed E-state index contributed by atoms with van der Waals surface area (Å²) in [6.07, 6.45) is 0.345. The number of rotatable bonds is 7. The number of nitrogens with two attached hydrogens (primary N) is 1. The Kier molecular flexibility index (Phi) is 6.60. The van der Waals surface area contributed by atoms with Crippen LogP contribution in [0.2, 0.25) is 0 Å². The molecule has 0 aromatic heterocycles. The average Bonchev–Trinajstić information content (AvgIpc) is 2.25. The molecule has 0 aliphatic carbocycles. The first kappa shape index (κ1) is 15.4. The zero-order chi connectivity index (χ0) is 12.8. The summed E-state index contributed by atoms with van der Waals surface area (Å²) < 4.78 is 5.69. The van der Waals surface area contributed by atoms with Gasteiger partial charge >= 0.3 is 0 Å². The van der Waals surface area contributed by atoms with Crippen molar-refractivity contribution >= 4 is 5.91 Å². The van der Waals surface area contributed by atoms with Gasteiger partial charge in [-0.15, -0.1) is 0 Å². The standard InChI is InChI=1S/C12H26N2O2/c1-6-12(5,8-13)16-10(4)11(15)14-7-9(2)3/h9-10H,6-8,13H2,1-5H3,(H,14,15). The maximum atomic E-state index is 11.7. The van der Waals surface area contributed by atoms with Crippen LogP contribution in [0.1, 0.15) is 41.0 Å². The van der Waals surface area contributed by atoms with Gasteiger partial charge in [0.1, 0.15) is 6.10 Å². The van der Waals surface area contributed by atoms with E-state index in [1.807, 2.05) is 13.8 Å². The van der Waals surface area contributed by atoms with E-state index >= 15 is 0 Å². The average molecular weight is 230 g/mol. The molecule has 0 aliphatic heterocycles. The van der Waals surface area contributed by atoms with E-state index in [0.29, 0.717) is 19.0 Å². The minimum atomic E-state index is -0.452. The van der Waals surface area contributed by atoms with Crippen molar-refractivity contribution in [2.24, 2.45) is 11.7 Å². The van der Waals surface area contributed by atoms with Crippen molar-refractivity contribution in [2.45, 2.75) is 52.7 Å². The Morgan fingerprint density at radius 1 is 1.44 bits per heavy atom. The minimum absolute atomic E-state index is 0.0678. The summed E-state index contributed by atoms with van der Waals surface area (Å²) in [6, 6.07) is 0. The van der Waals surface area contributed by atoms with Gasteiger partial charge in [0.25, 0.3) is 0 Å². The molecule has 0 saturated heterocycles. The second kappa shape index (κ2) is 6.86. The Bertz CT molecular complexity index is 213. The van der Waals surface area contributed by atoms with Gasteiger partial charge in [0, 0.05) is 13.1 Å². The van der Waals surface area contributed by atoms with Gasteiger partial charge in [-0.25, -0.2) is 0 Å².